The predicted molar refractivity (Wildman–Crippen MR) is 69.1 cm³/mol. The van der Waals surface area contributed by atoms with E-state index in [0.717, 1.165) is 29.0 Å². The summed E-state index contributed by atoms with van der Waals surface area (Å²) >= 11 is 0. The Labute approximate surface area is 106 Å². The minimum atomic E-state index is 0.264. The quantitative estimate of drug-likeness (QED) is 0.834. The third-order valence-corrected chi connectivity index (χ3v) is 2.93. The van der Waals surface area contributed by atoms with Gasteiger partial charge in [-0.2, -0.15) is 0 Å². The summed E-state index contributed by atoms with van der Waals surface area (Å²) < 4.78 is 11.2. The first-order valence-electron chi connectivity index (χ1n) is 6.02. The monoisotopic (exact) mass is 242 g/mol. The zero-order chi connectivity index (χ0) is 12.4. The second kappa shape index (κ2) is 4.61. The van der Waals surface area contributed by atoms with Crippen LogP contribution in [0, 0.1) is 0 Å². The average Bonchev–Trinajstić information content (AvgIpc) is 2.63. The molecule has 1 aliphatic heterocycles. The normalized spacial score (nSPS) is 14.0. The van der Waals surface area contributed by atoms with E-state index in [-0.39, 0.29) is 5.75 Å². The number of phenols is 1. The molecule has 0 fully saturated rings. The van der Waals surface area contributed by atoms with Crippen LogP contribution in [-0.2, 0) is 0 Å². The van der Waals surface area contributed by atoms with Crippen molar-refractivity contribution in [3.63, 3.8) is 0 Å². The third-order valence-electron chi connectivity index (χ3n) is 2.93. The first kappa shape index (κ1) is 11.0. The maximum atomic E-state index is 9.50. The van der Waals surface area contributed by atoms with E-state index >= 15 is 0 Å². The van der Waals surface area contributed by atoms with E-state index in [0.29, 0.717) is 13.2 Å². The van der Waals surface area contributed by atoms with Gasteiger partial charge < -0.3 is 14.6 Å². The number of hydrogen-bond donors (Lipinski definition) is 1. The smallest absolute Gasteiger partial charge is 0.161 e. The Balaban J connectivity index is 2.01. The van der Waals surface area contributed by atoms with Crippen molar-refractivity contribution in [2.24, 2.45) is 0 Å². The second-order valence-electron chi connectivity index (χ2n) is 4.26. The Kier molecular flexibility index (Phi) is 2.81. The van der Waals surface area contributed by atoms with E-state index < -0.39 is 0 Å². The predicted octanol–water partition coefficient (Wildman–Crippen LogP) is 3.22. The number of ether oxygens (including phenoxy) is 2. The zero-order valence-electron chi connectivity index (χ0n) is 9.93. The van der Waals surface area contributed by atoms with Crippen molar-refractivity contribution in [3.8, 4) is 28.4 Å². The summed E-state index contributed by atoms with van der Waals surface area (Å²) in [7, 11) is 0. The molecule has 3 heteroatoms. The molecule has 0 aromatic heterocycles. The maximum absolute atomic E-state index is 9.50. The minimum absolute atomic E-state index is 0.264. The van der Waals surface area contributed by atoms with Crippen molar-refractivity contribution in [1.82, 2.24) is 0 Å². The summed E-state index contributed by atoms with van der Waals surface area (Å²) in [6, 6.07) is 13.0. The van der Waals surface area contributed by atoms with Crippen LogP contribution >= 0.6 is 0 Å². The van der Waals surface area contributed by atoms with Crippen LogP contribution in [-0.4, -0.2) is 18.3 Å². The highest BCUT2D eigenvalue weighted by Gasteiger charge is 2.11. The lowest BCUT2D eigenvalue weighted by Gasteiger charge is -2.09. The Hall–Kier alpha value is -2.16. The van der Waals surface area contributed by atoms with Crippen LogP contribution in [0.5, 0.6) is 17.2 Å². The van der Waals surface area contributed by atoms with Gasteiger partial charge in [0.15, 0.2) is 11.5 Å². The van der Waals surface area contributed by atoms with Gasteiger partial charge in [-0.05, 0) is 35.4 Å². The fourth-order valence-corrected chi connectivity index (χ4v) is 2.03. The van der Waals surface area contributed by atoms with Gasteiger partial charge in [0.2, 0.25) is 0 Å². The first-order chi connectivity index (χ1) is 8.83. The molecule has 0 spiro atoms. The van der Waals surface area contributed by atoms with E-state index in [1.807, 2.05) is 30.3 Å². The lowest BCUT2D eigenvalue weighted by atomic mass is 10.0. The number of aromatic hydroxyl groups is 1. The van der Waals surface area contributed by atoms with E-state index in [9.17, 15) is 5.11 Å². The van der Waals surface area contributed by atoms with Crippen LogP contribution in [0.2, 0.25) is 0 Å². The lowest BCUT2D eigenvalue weighted by Crippen LogP contribution is -1.97. The van der Waals surface area contributed by atoms with Gasteiger partial charge in [0.1, 0.15) is 5.75 Å². The second-order valence-corrected chi connectivity index (χ2v) is 4.26. The molecular weight excluding hydrogens is 228 g/mol. The first-order valence-corrected chi connectivity index (χ1v) is 6.02. The minimum Gasteiger partial charge on any atom is -0.508 e. The Morgan fingerprint density at radius 1 is 0.833 bits per heavy atom. The Morgan fingerprint density at radius 3 is 2.44 bits per heavy atom. The van der Waals surface area contributed by atoms with Crippen molar-refractivity contribution >= 4 is 0 Å². The molecule has 2 aromatic carbocycles. The molecule has 1 N–H and O–H groups in total. The molecule has 18 heavy (non-hydrogen) atoms. The summed E-state index contributed by atoms with van der Waals surface area (Å²) in [5, 5.41) is 9.50. The number of phenolic OH excluding ortho intramolecular Hbond substituents is 1. The molecule has 0 unspecified atom stereocenters. The summed E-state index contributed by atoms with van der Waals surface area (Å²) in [6.07, 6.45) is 0.899. The van der Waals surface area contributed by atoms with Crippen LogP contribution in [0.15, 0.2) is 42.5 Å². The van der Waals surface area contributed by atoms with E-state index in [1.54, 1.807) is 12.1 Å². The third kappa shape index (κ3) is 2.12. The average molecular weight is 242 g/mol. The molecule has 0 aliphatic carbocycles. The fourth-order valence-electron chi connectivity index (χ4n) is 2.03. The standard InChI is InChI=1S/C15H14O3/c16-13-4-1-3-11(9-13)12-5-6-14-15(10-12)18-8-2-7-17-14/h1,3-6,9-10,16H,2,7-8H2. The van der Waals surface area contributed by atoms with Gasteiger partial charge in [0.25, 0.3) is 0 Å². The molecule has 2 aromatic rings. The van der Waals surface area contributed by atoms with Crippen molar-refractivity contribution in [3.05, 3.63) is 42.5 Å². The van der Waals surface area contributed by atoms with Crippen LogP contribution < -0.4 is 9.47 Å². The maximum Gasteiger partial charge on any atom is 0.161 e. The highest BCUT2D eigenvalue weighted by atomic mass is 16.5. The van der Waals surface area contributed by atoms with Gasteiger partial charge in [-0.15, -0.1) is 0 Å². The molecule has 0 saturated heterocycles. The molecule has 3 nitrogen and oxygen atoms in total. The number of rotatable bonds is 1. The van der Waals surface area contributed by atoms with Gasteiger partial charge >= 0.3 is 0 Å². The summed E-state index contributed by atoms with van der Waals surface area (Å²) in [5.74, 6) is 1.82. The molecule has 0 amide bonds. The summed E-state index contributed by atoms with van der Waals surface area (Å²) in [5.41, 5.74) is 1.97. The molecule has 0 atom stereocenters. The van der Waals surface area contributed by atoms with Crippen LogP contribution in [0.1, 0.15) is 6.42 Å². The van der Waals surface area contributed by atoms with E-state index in [1.165, 1.54) is 0 Å². The largest absolute Gasteiger partial charge is 0.508 e. The molecule has 0 radical (unpaired) electrons. The molecule has 1 aliphatic rings. The van der Waals surface area contributed by atoms with Crippen molar-refractivity contribution in [1.29, 1.82) is 0 Å². The summed E-state index contributed by atoms with van der Waals surface area (Å²) in [4.78, 5) is 0. The van der Waals surface area contributed by atoms with Crippen LogP contribution in [0.3, 0.4) is 0 Å². The van der Waals surface area contributed by atoms with E-state index in [4.69, 9.17) is 9.47 Å². The topological polar surface area (TPSA) is 38.7 Å². The highest BCUT2D eigenvalue weighted by Crippen LogP contribution is 2.34. The Morgan fingerprint density at radius 2 is 1.61 bits per heavy atom. The van der Waals surface area contributed by atoms with Crippen molar-refractivity contribution < 1.29 is 14.6 Å². The fraction of sp³-hybridized carbons (Fsp3) is 0.200. The molecule has 1 heterocycles. The van der Waals surface area contributed by atoms with Gasteiger partial charge in [-0.3, -0.25) is 0 Å². The lowest BCUT2D eigenvalue weighted by molar-refractivity contribution is 0.297. The van der Waals surface area contributed by atoms with Gasteiger partial charge in [-0.25, -0.2) is 0 Å². The van der Waals surface area contributed by atoms with Gasteiger partial charge in [0, 0.05) is 6.42 Å². The Bertz CT molecular complexity index is 563. The molecule has 0 saturated carbocycles. The molecule has 92 valence electrons. The zero-order valence-corrected chi connectivity index (χ0v) is 9.93. The van der Waals surface area contributed by atoms with Crippen molar-refractivity contribution in [2.75, 3.05) is 13.2 Å². The highest BCUT2D eigenvalue weighted by molar-refractivity contribution is 5.68. The summed E-state index contributed by atoms with van der Waals surface area (Å²) in [6.45, 7) is 1.37. The number of benzene rings is 2. The van der Waals surface area contributed by atoms with Gasteiger partial charge in [-0.1, -0.05) is 18.2 Å². The number of fused-ring (bicyclic) bond motifs is 1. The van der Waals surface area contributed by atoms with E-state index in [2.05, 4.69) is 0 Å². The molecule has 3 rings (SSSR count). The van der Waals surface area contributed by atoms with Crippen LogP contribution in [0.25, 0.3) is 11.1 Å². The SMILES string of the molecule is Oc1cccc(-c2ccc3c(c2)OCCCO3)c1. The van der Waals surface area contributed by atoms with Crippen LogP contribution in [0.4, 0.5) is 0 Å². The van der Waals surface area contributed by atoms with Gasteiger partial charge in [0.05, 0.1) is 13.2 Å². The van der Waals surface area contributed by atoms with Crippen molar-refractivity contribution in [2.45, 2.75) is 6.42 Å². The molecule has 0 bridgehead atoms. The number of hydrogen-bond acceptors (Lipinski definition) is 3. The molecular formula is C15H14O3.